The Morgan fingerprint density at radius 2 is 2.11 bits per heavy atom. The largest absolute Gasteiger partial charge is 0.369 e. The second-order valence-corrected chi connectivity index (χ2v) is 7.63. The first-order chi connectivity index (χ1) is 13.5. The molecule has 2 aliphatic rings. The maximum atomic E-state index is 14.9. The van der Waals surface area contributed by atoms with Gasteiger partial charge in [0.2, 0.25) is 0 Å². The first kappa shape index (κ1) is 18.5. The van der Waals surface area contributed by atoms with Crippen molar-refractivity contribution in [3.05, 3.63) is 38.8 Å². The minimum atomic E-state index is -0.689. The summed E-state index contributed by atoms with van der Waals surface area (Å²) in [5.41, 5.74) is -0.446. The number of nitrogen functional groups attached to an aromatic ring is 1. The number of anilines is 1. The molecule has 9 heteroatoms. The van der Waals surface area contributed by atoms with E-state index in [0.29, 0.717) is 35.4 Å². The fourth-order valence-corrected chi connectivity index (χ4v) is 4.22. The molecule has 1 aromatic carbocycles. The highest BCUT2D eigenvalue weighted by molar-refractivity contribution is 5.83. The fourth-order valence-electron chi connectivity index (χ4n) is 4.22. The number of benzene rings is 1. The number of nitrogens with zero attached hydrogens (tertiary/aromatic N) is 4. The molecule has 8 nitrogen and oxygen atoms in total. The van der Waals surface area contributed by atoms with Crippen LogP contribution in [-0.2, 0) is 0 Å². The standard InChI is InChI=1S/C19H23FN6O2/c1-23-15(4-6-21)11-5-7-24(10-11)17-9-16-13(8-14(17)20)18(27)26(22)19(28)25(16)12-2-3-12/h8-9,11-12,15,23H,2-5,7,10,22H2,1H3. The molecule has 0 spiro atoms. The Labute approximate surface area is 160 Å². The highest BCUT2D eigenvalue weighted by Crippen LogP contribution is 2.37. The van der Waals surface area contributed by atoms with Crippen molar-refractivity contribution in [2.45, 2.75) is 37.8 Å². The molecule has 28 heavy (non-hydrogen) atoms. The zero-order chi connectivity index (χ0) is 20.0. The Kier molecular flexibility index (Phi) is 4.59. The van der Waals surface area contributed by atoms with Crippen LogP contribution in [0.2, 0.25) is 0 Å². The van der Waals surface area contributed by atoms with Gasteiger partial charge in [-0.15, -0.1) is 0 Å². The summed E-state index contributed by atoms with van der Waals surface area (Å²) >= 11 is 0. The summed E-state index contributed by atoms with van der Waals surface area (Å²) in [5, 5.41) is 12.3. The fraction of sp³-hybridized carbons (Fsp3) is 0.526. The maximum absolute atomic E-state index is 14.9. The number of fused-ring (bicyclic) bond motifs is 1. The predicted molar refractivity (Wildman–Crippen MR) is 104 cm³/mol. The first-order valence-corrected chi connectivity index (χ1v) is 9.51. The molecule has 1 saturated heterocycles. The SMILES string of the molecule is CNC(CC#N)C1CCN(c2cc3c(cc2F)c(=O)n(N)c(=O)n3C2CC2)C1. The normalized spacial score (nSPS) is 20.5. The summed E-state index contributed by atoms with van der Waals surface area (Å²) < 4.78 is 17.0. The molecule has 4 rings (SSSR count). The smallest absolute Gasteiger partial charge is 0.350 e. The average molecular weight is 386 g/mol. The van der Waals surface area contributed by atoms with E-state index in [4.69, 9.17) is 11.1 Å². The maximum Gasteiger partial charge on any atom is 0.350 e. The van der Waals surface area contributed by atoms with Gasteiger partial charge in [0, 0.05) is 25.2 Å². The van der Waals surface area contributed by atoms with E-state index in [1.165, 1.54) is 10.6 Å². The summed E-state index contributed by atoms with van der Waals surface area (Å²) in [6.07, 6.45) is 2.91. The molecular weight excluding hydrogens is 363 g/mol. The van der Waals surface area contributed by atoms with Crippen molar-refractivity contribution in [1.29, 1.82) is 5.26 Å². The van der Waals surface area contributed by atoms with Gasteiger partial charge in [0.05, 0.1) is 29.1 Å². The molecule has 1 aliphatic heterocycles. The van der Waals surface area contributed by atoms with Gasteiger partial charge in [-0.3, -0.25) is 9.36 Å². The molecule has 2 heterocycles. The van der Waals surface area contributed by atoms with Gasteiger partial charge in [-0.2, -0.15) is 9.94 Å². The number of rotatable bonds is 5. The van der Waals surface area contributed by atoms with Crippen LogP contribution in [0.15, 0.2) is 21.7 Å². The number of hydrogen-bond acceptors (Lipinski definition) is 6. The van der Waals surface area contributed by atoms with Gasteiger partial charge in [-0.25, -0.2) is 9.18 Å². The molecule has 0 radical (unpaired) electrons. The van der Waals surface area contributed by atoms with E-state index in [0.717, 1.165) is 19.3 Å². The molecule has 2 fully saturated rings. The Hall–Kier alpha value is -2.86. The van der Waals surface area contributed by atoms with E-state index in [-0.39, 0.29) is 23.4 Å². The van der Waals surface area contributed by atoms with Crippen LogP contribution in [0.25, 0.3) is 10.9 Å². The summed E-state index contributed by atoms with van der Waals surface area (Å²) in [6.45, 7) is 1.26. The van der Waals surface area contributed by atoms with Crippen molar-refractivity contribution < 1.29 is 4.39 Å². The summed E-state index contributed by atoms with van der Waals surface area (Å²) in [7, 11) is 1.83. The summed E-state index contributed by atoms with van der Waals surface area (Å²) in [4.78, 5) is 26.8. The Morgan fingerprint density at radius 3 is 2.75 bits per heavy atom. The van der Waals surface area contributed by atoms with Crippen molar-refractivity contribution >= 4 is 16.6 Å². The van der Waals surface area contributed by atoms with Crippen molar-refractivity contribution in [2.24, 2.45) is 5.92 Å². The average Bonchev–Trinajstić information content (AvgIpc) is 3.40. The van der Waals surface area contributed by atoms with Crippen LogP contribution in [0, 0.1) is 23.1 Å². The van der Waals surface area contributed by atoms with E-state index in [1.54, 1.807) is 6.07 Å². The summed E-state index contributed by atoms with van der Waals surface area (Å²) in [5.74, 6) is 5.34. The van der Waals surface area contributed by atoms with Crippen molar-refractivity contribution in [1.82, 2.24) is 14.6 Å². The molecule has 3 N–H and O–H groups in total. The van der Waals surface area contributed by atoms with E-state index in [9.17, 15) is 14.0 Å². The van der Waals surface area contributed by atoms with Gasteiger partial charge >= 0.3 is 5.69 Å². The molecule has 2 aromatic rings. The molecule has 1 aromatic heterocycles. The second kappa shape index (κ2) is 6.95. The van der Waals surface area contributed by atoms with Crippen LogP contribution >= 0.6 is 0 Å². The van der Waals surface area contributed by atoms with Crippen LogP contribution in [0.4, 0.5) is 10.1 Å². The van der Waals surface area contributed by atoms with E-state index < -0.39 is 17.1 Å². The molecule has 0 amide bonds. The second-order valence-electron chi connectivity index (χ2n) is 7.63. The Morgan fingerprint density at radius 1 is 1.36 bits per heavy atom. The lowest BCUT2D eigenvalue weighted by atomic mass is 9.97. The van der Waals surface area contributed by atoms with E-state index >= 15 is 0 Å². The number of aromatic nitrogens is 2. The summed E-state index contributed by atoms with van der Waals surface area (Å²) in [6, 6.07) is 5.03. The third-order valence-electron chi connectivity index (χ3n) is 5.91. The van der Waals surface area contributed by atoms with Gasteiger partial charge < -0.3 is 16.1 Å². The van der Waals surface area contributed by atoms with Crippen LogP contribution < -0.4 is 27.3 Å². The van der Waals surface area contributed by atoms with Crippen LogP contribution in [0.1, 0.15) is 31.7 Å². The molecular formula is C19H23FN6O2. The lowest BCUT2D eigenvalue weighted by Gasteiger charge is -2.23. The van der Waals surface area contributed by atoms with Gasteiger partial charge in [0.15, 0.2) is 0 Å². The van der Waals surface area contributed by atoms with Gasteiger partial charge in [-0.1, -0.05) is 0 Å². The minimum Gasteiger partial charge on any atom is -0.369 e. The van der Waals surface area contributed by atoms with E-state index in [2.05, 4.69) is 11.4 Å². The number of hydrogen-bond donors (Lipinski definition) is 2. The third-order valence-corrected chi connectivity index (χ3v) is 5.91. The number of halogens is 1. The van der Waals surface area contributed by atoms with Crippen LogP contribution in [0.3, 0.4) is 0 Å². The Bertz CT molecular complexity index is 1080. The monoisotopic (exact) mass is 386 g/mol. The number of nitriles is 1. The molecule has 1 aliphatic carbocycles. The lowest BCUT2D eigenvalue weighted by molar-refractivity contribution is 0.406. The number of nitrogens with one attached hydrogen (secondary N) is 1. The predicted octanol–water partition coefficient (Wildman–Crippen LogP) is 0.679. The molecule has 148 valence electrons. The topological polar surface area (TPSA) is 109 Å². The Balaban J connectivity index is 1.77. The molecule has 0 bridgehead atoms. The van der Waals surface area contributed by atoms with Crippen LogP contribution in [-0.4, -0.2) is 35.4 Å². The quantitative estimate of drug-likeness (QED) is 0.732. The molecule has 2 atom stereocenters. The van der Waals surface area contributed by atoms with Gasteiger partial charge in [0.1, 0.15) is 5.82 Å². The van der Waals surface area contributed by atoms with Gasteiger partial charge in [-0.05, 0) is 44.4 Å². The third kappa shape index (κ3) is 2.94. The van der Waals surface area contributed by atoms with Crippen LogP contribution in [0.5, 0.6) is 0 Å². The van der Waals surface area contributed by atoms with Gasteiger partial charge in [0.25, 0.3) is 5.56 Å². The van der Waals surface area contributed by atoms with E-state index in [1.807, 2.05) is 11.9 Å². The van der Waals surface area contributed by atoms with Crippen molar-refractivity contribution in [2.75, 3.05) is 30.9 Å². The van der Waals surface area contributed by atoms with Crippen molar-refractivity contribution in [3.8, 4) is 6.07 Å². The minimum absolute atomic E-state index is 0.000613. The first-order valence-electron chi connectivity index (χ1n) is 9.51. The highest BCUT2D eigenvalue weighted by atomic mass is 19.1. The van der Waals surface area contributed by atoms with Crippen molar-refractivity contribution in [3.63, 3.8) is 0 Å². The zero-order valence-corrected chi connectivity index (χ0v) is 15.7. The lowest BCUT2D eigenvalue weighted by Crippen LogP contribution is -2.44. The zero-order valence-electron chi connectivity index (χ0n) is 15.7. The molecule has 1 saturated carbocycles. The molecule has 2 unspecified atom stereocenters. The highest BCUT2D eigenvalue weighted by Gasteiger charge is 2.32. The number of nitrogens with two attached hydrogens (primary N) is 1.